The molecule has 2 unspecified atom stereocenters. The molecular weight excluding hydrogens is 389 g/mol. The maximum absolute atomic E-state index is 12.6. The predicted octanol–water partition coefficient (Wildman–Crippen LogP) is 2.37. The first-order chi connectivity index (χ1) is 13.5. The number of fused-ring (bicyclic) bond motifs is 1. The normalized spacial score (nSPS) is 16.4. The Kier molecular flexibility index (Phi) is 7.02. The fraction of sp³-hybridized carbons (Fsp3) is 0.421. The minimum absolute atomic E-state index is 0.0118. The Hall–Kier alpha value is -2.88. The van der Waals surface area contributed by atoms with Gasteiger partial charge < -0.3 is 15.7 Å². The Morgan fingerprint density at radius 2 is 2.00 bits per heavy atom. The molecule has 2 atom stereocenters. The highest BCUT2D eigenvalue weighted by Crippen LogP contribution is 2.35. The third-order valence-corrected chi connectivity index (χ3v) is 4.86. The lowest BCUT2D eigenvalue weighted by molar-refractivity contribution is -0.192. The molecule has 158 valence electrons. The molecule has 0 radical (unpaired) electrons. The molecule has 1 aromatic heterocycles. The molecule has 0 aliphatic heterocycles. The van der Waals surface area contributed by atoms with Crippen LogP contribution in [0.1, 0.15) is 34.7 Å². The minimum Gasteiger partial charge on any atom is -0.475 e. The molecule has 3 rings (SSSR count). The van der Waals surface area contributed by atoms with Crippen molar-refractivity contribution >= 4 is 11.9 Å². The summed E-state index contributed by atoms with van der Waals surface area (Å²) in [6.07, 6.45) is -1.37. The van der Waals surface area contributed by atoms with E-state index < -0.39 is 18.2 Å². The number of rotatable bonds is 4. The van der Waals surface area contributed by atoms with Crippen molar-refractivity contribution in [2.24, 2.45) is 5.73 Å². The fourth-order valence-corrected chi connectivity index (χ4v) is 3.26. The van der Waals surface area contributed by atoms with Crippen molar-refractivity contribution < 1.29 is 27.9 Å². The Morgan fingerprint density at radius 3 is 2.55 bits per heavy atom. The first-order valence-electron chi connectivity index (χ1n) is 8.89. The van der Waals surface area contributed by atoms with Crippen LogP contribution in [-0.4, -0.2) is 51.3 Å². The first kappa shape index (κ1) is 22.4. The van der Waals surface area contributed by atoms with Gasteiger partial charge in [0.05, 0.1) is 12.2 Å². The summed E-state index contributed by atoms with van der Waals surface area (Å²) in [5.74, 6) is -2.65. The molecule has 10 heteroatoms. The number of carbonyl (C=O) groups excluding carboxylic acids is 1. The number of aromatic nitrogens is 2. The number of amides is 1. The third-order valence-electron chi connectivity index (χ3n) is 4.86. The number of aromatic amines is 1. The van der Waals surface area contributed by atoms with Crippen LogP contribution in [0.5, 0.6) is 0 Å². The van der Waals surface area contributed by atoms with E-state index in [9.17, 15) is 18.0 Å². The van der Waals surface area contributed by atoms with Crippen LogP contribution in [-0.2, 0) is 22.6 Å². The number of hydrogen-bond acceptors (Lipinski definition) is 4. The van der Waals surface area contributed by atoms with Crippen LogP contribution in [0.15, 0.2) is 30.5 Å². The van der Waals surface area contributed by atoms with E-state index in [-0.39, 0.29) is 11.8 Å². The Morgan fingerprint density at radius 1 is 1.38 bits per heavy atom. The quantitative estimate of drug-likeness (QED) is 0.714. The highest BCUT2D eigenvalue weighted by molar-refractivity contribution is 5.83. The number of carboxylic acids is 1. The summed E-state index contributed by atoms with van der Waals surface area (Å²) >= 11 is 0. The van der Waals surface area contributed by atoms with Crippen LogP contribution in [0, 0.1) is 6.92 Å². The zero-order valence-electron chi connectivity index (χ0n) is 16.0. The number of carbonyl (C=O) groups is 2. The summed E-state index contributed by atoms with van der Waals surface area (Å²) in [4.78, 5) is 23.2. The van der Waals surface area contributed by atoms with Crippen molar-refractivity contribution in [1.82, 2.24) is 15.1 Å². The Bertz CT molecular complexity index is 866. The molecule has 1 heterocycles. The fourth-order valence-electron chi connectivity index (χ4n) is 3.26. The summed E-state index contributed by atoms with van der Waals surface area (Å²) in [6, 6.07) is 7.81. The maximum Gasteiger partial charge on any atom is 0.490 e. The number of likely N-dealkylation sites (N-methyl/N-ethyl adjacent to an activating group) is 1. The second kappa shape index (κ2) is 9.08. The number of nitrogens with two attached hydrogens (primary N) is 1. The third kappa shape index (κ3) is 5.57. The van der Waals surface area contributed by atoms with E-state index >= 15 is 0 Å². The minimum atomic E-state index is -5.08. The number of nitrogens with one attached hydrogen (secondary N) is 1. The molecular formula is C19H23F3N4O3. The van der Waals surface area contributed by atoms with Gasteiger partial charge in [0.1, 0.15) is 0 Å². The molecule has 0 saturated heterocycles. The molecule has 2 aromatic rings. The Labute approximate surface area is 165 Å². The summed E-state index contributed by atoms with van der Waals surface area (Å²) in [5, 5.41) is 14.0. The van der Waals surface area contributed by atoms with Gasteiger partial charge in [-0.1, -0.05) is 24.3 Å². The lowest BCUT2D eigenvalue weighted by Crippen LogP contribution is -2.44. The predicted molar refractivity (Wildman–Crippen MR) is 99.0 cm³/mol. The van der Waals surface area contributed by atoms with Gasteiger partial charge in [0.2, 0.25) is 5.91 Å². The van der Waals surface area contributed by atoms with E-state index in [1.807, 2.05) is 19.1 Å². The topological polar surface area (TPSA) is 112 Å². The van der Waals surface area contributed by atoms with Crippen molar-refractivity contribution in [1.29, 1.82) is 0 Å². The van der Waals surface area contributed by atoms with Crippen LogP contribution in [0.2, 0.25) is 0 Å². The summed E-state index contributed by atoms with van der Waals surface area (Å²) in [7, 11) is 1.80. The molecule has 29 heavy (non-hydrogen) atoms. The summed E-state index contributed by atoms with van der Waals surface area (Å²) < 4.78 is 31.7. The maximum atomic E-state index is 12.6. The number of aryl methyl sites for hydroxylation is 2. The highest BCUT2D eigenvalue weighted by atomic mass is 19.4. The average Bonchev–Trinajstić information content (AvgIpc) is 3.26. The number of nitrogens with zero attached hydrogens (tertiary/aromatic N) is 2. The number of halogens is 3. The number of alkyl halides is 3. The van der Waals surface area contributed by atoms with Crippen molar-refractivity contribution in [3.05, 3.63) is 52.8 Å². The van der Waals surface area contributed by atoms with E-state index in [0.29, 0.717) is 6.54 Å². The lowest BCUT2D eigenvalue weighted by atomic mass is 9.93. The summed E-state index contributed by atoms with van der Waals surface area (Å²) in [6.45, 7) is 2.48. The van der Waals surface area contributed by atoms with E-state index in [1.165, 1.54) is 11.1 Å². The number of hydrogen-bond donors (Lipinski definition) is 3. The SMILES string of the molecule is Cc1[nH]ncc1CN(C)C(=O)C(N)C1CCc2ccccc21.O=C(O)C(F)(F)F. The van der Waals surface area contributed by atoms with Gasteiger partial charge >= 0.3 is 12.1 Å². The molecule has 4 N–H and O–H groups in total. The van der Waals surface area contributed by atoms with E-state index in [0.717, 1.165) is 24.1 Å². The molecule has 0 saturated carbocycles. The first-order valence-corrected chi connectivity index (χ1v) is 8.89. The van der Waals surface area contributed by atoms with E-state index in [4.69, 9.17) is 15.6 Å². The monoisotopic (exact) mass is 412 g/mol. The molecule has 1 amide bonds. The average molecular weight is 412 g/mol. The van der Waals surface area contributed by atoms with Crippen LogP contribution in [0.3, 0.4) is 0 Å². The smallest absolute Gasteiger partial charge is 0.475 e. The van der Waals surface area contributed by atoms with Gasteiger partial charge in [0.25, 0.3) is 0 Å². The lowest BCUT2D eigenvalue weighted by Gasteiger charge is -2.25. The molecule has 1 aromatic carbocycles. The van der Waals surface area contributed by atoms with Gasteiger partial charge in [0, 0.05) is 30.8 Å². The number of H-pyrrole nitrogens is 1. The molecule has 0 spiro atoms. The van der Waals surface area contributed by atoms with E-state index in [2.05, 4.69) is 22.3 Å². The zero-order chi connectivity index (χ0) is 21.8. The Balaban J connectivity index is 0.000000370. The van der Waals surface area contributed by atoms with Crippen molar-refractivity contribution in [3.63, 3.8) is 0 Å². The van der Waals surface area contributed by atoms with E-state index in [1.54, 1.807) is 18.1 Å². The molecule has 0 fully saturated rings. The van der Waals surface area contributed by atoms with Gasteiger partial charge in [-0.05, 0) is 30.9 Å². The number of aliphatic carboxylic acids is 1. The van der Waals surface area contributed by atoms with Gasteiger partial charge in [-0.2, -0.15) is 18.3 Å². The highest BCUT2D eigenvalue weighted by Gasteiger charge is 2.38. The molecule has 7 nitrogen and oxygen atoms in total. The van der Waals surface area contributed by atoms with Crippen molar-refractivity contribution in [2.75, 3.05) is 7.05 Å². The van der Waals surface area contributed by atoms with Gasteiger partial charge in [0.15, 0.2) is 0 Å². The second-order valence-corrected chi connectivity index (χ2v) is 6.89. The van der Waals surface area contributed by atoms with Crippen LogP contribution in [0.25, 0.3) is 0 Å². The molecule has 0 bridgehead atoms. The van der Waals surface area contributed by atoms with Gasteiger partial charge in [-0.25, -0.2) is 4.79 Å². The van der Waals surface area contributed by atoms with Crippen molar-refractivity contribution in [3.8, 4) is 0 Å². The second-order valence-electron chi connectivity index (χ2n) is 6.89. The summed E-state index contributed by atoms with van der Waals surface area (Å²) in [5.41, 5.74) is 10.9. The van der Waals surface area contributed by atoms with Crippen LogP contribution in [0.4, 0.5) is 13.2 Å². The van der Waals surface area contributed by atoms with Crippen LogP contribution < -0.4 is 5.73 Å². The van der Waals surface area contributed by atoms with Crippen LogP contribution >= 0.6 is 0 Å². The molecule has 1 aliphatic carbocycles. The van der Waals surface area contributed by atoms with Gasteiger partial charge in [-0.15, -0.1) is 0 Å². The standard InChI is InChI=1S/C17H22N4O.C2HF3O2/c1-11-13(9-19-20-11)10-21(2)17(22)16(18)15-8-7-12-5-3-4-6-14(12)15;3-2(4,5)1(6)7/h3-6,9,15-16H,7-8,10,18H2,1-2H3,(H,19,20);(H,6,7). The number of benzene rings is 1. The zero-order valence-corrected chi connectivity index (χ0v) is 16.0. The largest absolute Gasteiger partial charge is 0.490 e. The van der Waals surface area contributed by atoms with Crippen molar-refractivity contribution in [2.45, 2.75) is 44.4 Å². The number of carboxylic acid groups (broad SMARTS) is 1. The van der Waals surface area contributed by atoms with Gasteiger partial charge in [-0.3, -0.25) is 9.89 Å². The molecule has 1 aliphatic rings.